The molecular weight excluding hydrogens is 459 g/mol. The van der Waals surface area contributed by atoms with Crippen molar-refractivity contribution in [1.29, 1.82) is 0 Å². The zero-order valence-electron chi connectivity index (χ0n) is 20.9. The van der Waals surface area contributed by atoms with Crippen LogP contribution in [0.3, 0.4) is 0 Å². The van der Waals surface area contributed by atoms with Gasteiger partial charge in [-0.05, 0) is 58.5 Å². The van der Waals surface area contributed by atoms with Crippen LogP contribution in [-0.4, -0.2) is 41.2 Å². The maximum absolute atomic E-state index is 14.3. The zero-order valence-corrected chi connectivity index (χ0v) is 21.7. The fraction of sp³-hybridized carbons (Fsp3) is 0.379. The molecule has 0 spiro atoms. The quantitative estimate of drug-likeness (QED) is 0.410. The Morgan fingerprint density at radius 2 is 1.80 bits per heavy atom. The second kappa shape index (κ2) is 10.3. The highest BCUT2D eigenvalue weighted by Crippen LogP contribution is 2.38. The van der Waals surface area contributed by atoms with Gasteiger partial charge in [0.05, 0.1) is 11.6 Å². The molecule has 1 atom stereocenters. The van der Waals surface area contributed by atoms with Crippen LogP contribution in [0.15, 0.2) is 60.0 Å². The first-order chi connectivity index (χ1) is 16.7. The fourth-order valence-corrected chi connectivity index (χ4v) is 5.60. The van der Waals surface area contributed by atoms with Gasteiger partial charge in [0.25, 0.3) is 5.91 Å². The van der Waals surface area contributed by atoms with Gasteiger partial charge in [-0.25, -0.2) is 4.39 Å². The van der Waals surface area contributed by atoms with Crippen molar-refractivity contribution in [1.82, 2.24) is 9.80 Å². The summed E-state index contributed by atoms with van der Waals surface area (Å²) in [6, 6.07) is 16.4. The molecule has 6 heteroatoms. The molecule has 35 heavy (non-hydrogen) atoms. The van der Waals surface area contributed by atoms with Gasteiger partial charge in [0.15, 0.2) is 0 Å². The van der Waals surface area contributed by atoms with Gasteiger partial charge in [-0.15, -0.1) is 11.3 Å². The standard InChI is InChI=1S/C29H33FN2O2S/c1-5-16-31(28(34)22-8-6-7-9-24(22)30)19-26(33)32-17-14-25-23(15-18-35-25)27(32)20-10-12-21(13-11-20)29(2,3)4/h6-13,15,18,27H,5,14,16-17,19H2,1-4H3. The lowest BCUT2D eigenvalue weighted by Crippen LogP contribution is -2.47. The largest absolute Gasteiger partial charge is 0.330 e. The summed E-state index contributed by atoms with van der Waals surface area (Å²) in [4.78, 5) is 31.5. The lowest BCUT2D eigenvalue weighted by Gasteiger charge is -2.38. The molecule has 2 heterocycles. The van der Waals surface area contributed by atoms with Crippen LogP contribution in [0.4, 0.5) is 4.39 Å². The second-order valence-corrected chi connectivity index (χ2v) is 11.1. The van der Waals surface area contributed by atoms with Gasteiger partial charge in [-0.1, -0.05) is 64.1 Å². The molecule has 0 N–H and O–H groups in total. The number of hydrogen-bond donors (Lipinski definition) is 0. The third-order valence-corrected chi connectivity index (χ3v) is 7.59. The van der Waals surface area contributed by atoms with E-state index in [9.17, 15) is 14.0 Å². The lowest BCUT2D eigenvalue weighted by molar-refractivity contribution is -0.134. The summed E-state index contributed by atoms with van der Waals surface area (Å²) in [5, 5.41) is 2.08. The minimum Gasteiger partial charge on any atom is -0.330 e. The van der Waals surface area contributed by atoms with E-state index >= 15 is 0 Å². The summed E-state index contributed by atoms with van der Waals surface area (Å²) < 4.78 is 14.3. The van der Waals surface area contributed by atoms with E-state index in [1.165, 1.54) is 27.5 Å². The van der Waals surface area contributed by atoms with Crippen molar-refractivity contribution in [2.45, 2.75) is 52.0 Å². The average molecular weight is 493 g/mol. The van der Waals surface area contributed by atoms with Crippen LogP contribution >= 0.6 is 11.3 Å². The first-order valence-corrected chi connectivity index (χ1v) is 13.1. The Morgan fingerprint density at radius 1 is 1.09 bits per heavy atom. The number of fused-ring (bicyclic) bond motifs is 1. The van der Waals surface area contributed by atoms with Crippen molar-refractivity contribution >= 4 is 23.2 Å². The number of carbonyl (C=O) groups is 2. The molecular formula is C29H33FN2O2S. The van der Waals surface area contributed by atoms with Crippen LogP contribution in [0.2, 0.25) is 0 Å². The smallest absolute Gasteiger partial charge is 0.257 e. The number of carbonyl (C=O) groups excluding carboxylic acids is 2. The summed E-state index contributed by atoms with van der Waals surface area (Å²) in [6.07, 6.45) is 1.48. The minimum absolute atomic E-state index is 0.00170. The topological polar surface area (TPSA) is 40.6 Å². The van der Waals surface area contributed by atoms with E-state index in [1.807, 2.05) is 11.8 Å². The van der Waals surface area contributed by atoms with Gasteiger partial charge in [0.1, 0.15) is 12.4 Å². The summed E-state index contributed by atoms with van der Waals surface area (Å²) in [5.41, 5.74) is 3.50. The van der Waals surface area contributed by atoms with Crippen molar-refractivity contribution in [3.05, 3.63) is 92.9 Å². The number of amides is 2. The molecule has 0 fully saturated rings. The Balaban J connectivity index is 1.63. The third-order valence-electron chi connectivity index (χ3n) is 6.59. The van der Waals surface area contributed by atoms with Crippen molar-refractivity contribution in [3.63, 3.8) is 0 Å². The van der Waals surface area contributed by atoms with Crippen molar-refractivity contribution < 1.29 is 14.0 Å². The Hall–Kier alpha value is -2.99. The lowest BCUT2D eigenvalue weighted by atomic mass is 9.85. The predicted molar refractivity (Wildman–Crippen MR) is 139 cm³/mol. The van der Waals surface area contributed by atoms with Crippen molar-refractivity contribution in [2.75, 3.05) is 19.6 Å². The number of halogens is 1. The van der Waals surface area contributed by atoms with Crippen LogP contribution in [0.25, 0.3) is 0 Å². The molecule has 1 aliphatic rings. The third kappa shape index (κ3) is 5.32. The molecule has 2 aromatic carbocycles. The molecule has 3 aromatic rings. The van der Waals surface area contributed by atoms with Gasteiger partial charge in [-0.2, -0.15) is 0 Å². The second-order valence-electron chi connectivity index (χ2n) is 10.1. The maximum atomic E-state index is 14.3. The van der Waals surface area contributed by atoms with E-state index in [1.54, 1.807) is 23.5 Å². The number of benzene rings is 2. The molecule has 4 rings (SSSR count). The molecule has 2 amide bonds. The van der Waals surface area contributed by atoms with Crippen molar-refractivity contribution in [3.8, 4) is 0 Å². The monoisotopic (exact) mass is 492 g/mol. The van der Waals surface area contributed by atoms with Crippen LogP contribution in [0.1, 0.15) is 72.1 Å². The summed E-state index contributed by atoms with van der Waals surface area (Å²) in [6.45, 7) is 9.41. The van der Waals surface area contributed by atoms with E-state index in [4.69, 9.17) is 0 Å². The van der Waals surface area contributed by atoms with Gasteiger partial charge >= 0.3 is 0 Å². The number of hydrogen-bond acceptors (Lipinski definition) is 3. The molecule has 0 saturated carbocycles. The first kappa shape index (κ1) is 25.1. The molecule has 0 saturated heterocycles. The maximum Gasteiger partial charge on any atom is 0.257 e. The Labute approximate surface area is 211 Å². The van der Waals surface area contributed by atoms with E-state index in [-0.39, 0.29) is 29.5 Å². The molecule has 0 aliphatic carbocycles. The molecule has 1 aliphatic heterocycles. The van der Waals surface area contributed by atoms with Crippen LogP contribution in [0, 0.1) is 5.82 Å². The van der Waals surface area contributed by atoms with E-state index in [0.29, 0.717) is 19.5 Å². The zero-order chi connectivity index (χ0) is 25.2. The van der Waals surface area contributed by atoms with Gasteiger partial charge in [0.2, 0.25) is 5.91 Å². The Bertz CT molecular complexity index is 1200. The van der Waals surface area contributed by atoms with Gasteiger partial charge in [-0.3, -0.25) is 9.59 Å². The fourth-order valence-electron chi connectivity index (χ4n) is 4.69. The highest BCUT2D eigenvalue weighted by atomic mass is 32.1. The Kier molecular flexibility index (Phi) is 7.41. The summed E-state index contributed by atoms with van der Waals surface area (Å²) in [5.74, 6) is -1.13. The van der Waals surface area contributed by atoms with Crippen LogP contribution in [0.5, 0.6) is 0 Å². The molecule has 184 valence electrons. The van der Waals surface area contributed by atoms with Crippen LogP contribution < -0.4 is 0 Å². The predicted octanol–water partition coefficient (Wildman–Crippen LogP) is 6.21. The van der Waals surface area contributed by atoms with Gasteiger partial charge < -0.3 is 9.80 Å². The molecule has 0 bridgehead atoms. The first-order valence-electron chi connectivity index (χ1n) is 12.2. The van der Waals surface area contributed by atoms with Gasteiger partial charge in [0, 0.05) is 18.0 Å². The highest BCUT2D eigenvalue weighted by Gasteiger charge is 2.34. The SMILES string of the molecule is CCCN(CC(=O)N1CCc2sccc2C1c1ccc(C(C)(C)C)cc1)C(=O)c1ccccc1F. The summed E-state index contributed by atoms with van der Waals surface area (Å²) in [7, 11) is 0. The van der Waals surface area contributed by atoms with E-state index in [0.717, 1.165) is 17.5 Å². The highest BCUT2D eigenvalue weighted by molar-refractivity contribution is 7.10. The molecule has 4 nitrogen and oxygen atoms in total. The van der Waals surface area contributed by atoms with Crippen LogP contribution in [-0.2, 0) is 16.6 Å². The average Bonchev–Trinajstić information content (AvgIpc) is 3.31. The summed E-state index contributed by atoms with van der Waals surface area (Å²) >= 11 is 1.73. The minimum atomic E-state index is -0.566. The number of thiophene rings is 1. The normalized spacial score (nSPS) is 15.6. The van der Waals surface area contributed by atoms with Crippen molar-refractivity contribution in [2.24, 2.45) is 0 Å². The van der Waals surface area contributed by atoms with E-state index < -0.39 is 11.7 Å². The molecule has 1 unspecified atom stereocenters. The van der Waals surface area contributed by atoms with E-state index in [2.05, 4.69) is 56.5 Å². The molecule has 1 aromatic heterocycles. The Morgan fingerprint density at radius 3 is 2.46 bits per heavy atom. The number of rotatable bonds is 6. The molecule has 0 radical (unpaired) electrons. The number of nitrogens with zero attached hydrogens (tertiary/aromatic N) is 2.